The molecular formula is C10H17NSi. The number of nitrogens with zero attached hydrogens (tertiary/aromatic N) is 1. The Balaban J connectivity index is 2.86. The first-order valence-corrected chi connectivity index (χ1v) is 7.75. The molecule has 0 spiro atoms. The molecule has 0 saturated heterocycles. The van der Waals surface area contributed by atoms with Gasteiger partial charge in [0.05, 0.1) is 0 Å². The summed E-state index contributed by atoms with van der Waals surface area (Å²) in [6.07, 6.45) is 0. The fourth-order valence-electron chi connectivity index (χ4n) is 1.04. The van der Waals surface area contributed by atoms with E-state index in [2.05, 4.69) is 61.6 Å². The van der Waals surface area contributed by atoms with Crippen LogP contribution in [-0.4, -0.2) is 15.3 Å². The van der Waals surface area contributed by atoms with Crippen molar-refractivity contribution in [2.75, 3.05) is 11.6 Å². The molecule has 1 rings (SSSR count). The SMILES string of the molecule is CN(c1ccccc1)[Si](C)(C)C. The molecular weight excluding hydrogens is 162 g/mol. The normalized spacial score (nSPS) is 11.3. The third-order valence-electron chi connectivity index (χ3n) is 2.15. The van der Waals surface area contributed by atoms with E-state index < -0.39 is 8.24 Å². The highest BCUT2D eigenvalue weighted by atomic mass is 28.3. The lowest BCUT2D eigenvalue weighted by molar-refractivity contribution is 1.25. The van der Waals surface area contributed by atoms with Gasteiger partial charge in [-0.15, -0.1) is 0 Å². The summed E-state index contributed by atoms with van der Waals surface area (Å²) in [6, 6.07) is 10.6. The Morgan fingerprint density at radius 1 is 1.00 bits per heavy atom. The second-order valence-corrected chi connectivity index (χ2v) is 9.08. The van der Waals surface area contributed by atoms with E-state index in [0.29, 0.717) is 0 Å². The van der Waals surface area contributed by atoms with E-state index in [4.69, 9.17) is 0 Å². The maximum atomic E-state index is 2.41. The molecule has 0 bridgehead atoms. The average Bonchev–Trinajstić information content (AvgIpc) is 2.03. The van der Waals surface area contributed by atoms with E-state index in [0.717, 1.165) is 0 Å². The van der Waals surface area contributed by atoms with Gasteiger partial charge in [0.25, 0.3) is 0 Å². The first-order chi connectivity index (χ1) is 5.52. The van der Waals surface area contributed by atoms with Crippen LogP contribution in [0.15, 0.2) is 30.3 Å². The second-order valence-electron chi connectivity index (χ2n) is 4.07. The maximum absolute atomic E-state index is 2.41. The Morgan fingerprint density at radius 2 is 1.50 bits per heavy atom. The number of benzene rings is 1. The van der Waals surface area contributed by atoms with Crippen molar-refractivity contribution in [3.63, 3.8) is 0 Å². The Hall–Kier alpha value is -0.763. The van der Waals surface area contributed by atoms with E-state index in [9.17, 15) is 0 Å². The third kappa shape index (κ3) is 2.11. The quantitative estimate of drug-likeness (QED) is 0.631. The van der Waals surface area contributed by atoms with Crippen LogP contribution < -0.4 is 4.57 Å². The summed E-state index contributed by atoms with van der Waals surface area (Å²) < 4.78 is 2.41. The Kier molecular flexibility index (Phi) is 2.57. The van der Waals surface area contributed by atoms with Crippen LogP contribution in [0, 0.1) is 0 Å². The third-order valence-corrected chi connectivity index (χ3v) is 4.42. The highest BCUT2D eigenvalue weighted by molar-refractivity contribution is 6.79. The Labute approximate surface area is 76.1 Å². The number of anilines is 1. The summed E-state index contributed by atoms with van der Waals surface area (Å²) in [7, 11) is 1.01. The van der Waals surface area contributed by atoms with Gasteiger partial charge in [0.15, 0.2) is 0 Å². The topological polar surface area (TPSA) is 3.24 Å². The van der Waals surface area contributed by atoms with Crippen LogP contribution in [0.4, 0.5) is 5.69 Å². The number of hydrogen-bond acceptors (Lipinski definition) is 1. The highest BCUT2D eigenvalue weighted by Crippen LogP contribution is 2.18. The molecule has 0 unspecified atom stereocenters. The van der Waals surface area contributed by atoms with Crippen LogP contribution in [0.1, 0.15) is 0 Å². The standard InChI is InChI=1S/C10H17NSi/c1-11(12(2,3)4)10-8-6-5-7-9-10/h5-9H,1-4H3. The smallest absolute Gasteiger partial charge is 0.147 e. The van der Waals surface area contributed by atoms with Crippen LogP contribution in [0.25, 0.3) is 0 Å². The van der Waals surface area contributed by atoms with Crippen molar-refractivity contribution in [3.05, 3.63) is 30.3 Å². The lowest BCUT2D eigenvalue weighted by Crippen LogP contribution is -2.43. The van der Waals surface area contributed by atoms with E-state index in [1.807, 2.05) is 0 Å². The summed E-state index contributed by atoms with van der Waals surface area (Å²) in [5, 5.41) is 0. The van der Waals surface area contributed by atoms with Crippen LogP contribution in [0.5, 0.6) is 0 Å². The van der Waals surface area contributed by atoms with Crippen molar-refractivity contribution in [2.45, 2.75) is 19.6 Å². The molecule has 0 aromatic heterocycles. The Bertz CT molecular complexity index is 238. The summed E-state index contributed by atoms with van der Waals surface area (Å²) >= 11 is 0. The summed E-state index contributed by atoms with van der Waals surface area (Å²) in [5.74, 6) is 0. The minimum Gasteiger partial charge on any atom is -0.401 e. The predicted octanol–water partition coefficient (Wildman–Crippen LogP) is 2.96. The summed E-state index contributed by atoms with van der Waals surface area (Å²) in [4.78, 5) is 0. The van der Waals surface area contributed by atoms with E-state index in [-0.39, 0.29) is 0 Å². The fraction of sp³-hybridized carbons (Fsp3) is 0.400. The van der Waals surface area contributed by atoms with Gasteiger partial charge in [-0.25, -0.2) is 0 Å². The zero-order valence-corrected chi connectivity index (χ0v) is 9.33. The van der Waals surface area contributed by atoms with Crippen molar-refractivity contribution in [2.24, 2.45) is 0 Å². The molecule has 0 heterocycles. The van der Waals surface area contributed by atoms with E-state index in [1.54, 1.807) is 0 Å². The predicted molar refractivity (Wildman–Crippen MR) is 58.2 cm³/mol. The van der Waals surface area contributed by atoms with E-state index >= 15 is 0 Å². The summed E-state index contributed by atoms with van der Waals surface area (Å²) in [5.41, 5.74) is 1.33. The van der Waals surface area contributed by atoms with Crippen LogP contribution in [0.3, 0.4) is 0 Å². The Morgan fingerprint density at radius 3 is 1.92 bits per heavy atom. The largest absolute Gasteiger partial charge is 0.401 e. The maximum Gasteiger partial charge on any atom is 0.147 e. The zero-order valence-electron chi connectivity index (χ0n) is 8.33. The molecule has 0 aliphatic heterocycles. The lowest BCUT2D eigenvalue weighted by atomic mass is 10.3. The van der Waals surface area contributed by atoms with Crippen LogP contribution in [-0.2, 0) is 0 Å². The molecule has 0 aliphatic rings. The van der Waals surface area contributed by atoms with Crippen molar-refractivity contribution in [3.8, 4) is 0 Å². The minimum atomic E-state index is -1.17. The van der Waals surface area contributed by atoms with Gasteiger partial charge in [-0.2, -0.15) is 0 Å². The first-order valence-electron chi connectivity index (χ1n) is 4.31. The molecule has 1 aromatic carbocycles. The first kappa shape index (κ1) is 9.33. The van der Waals surface area contributed by atoms with Gasteiger partial charge in [0.2, 0.25) is 0 Å². The van der Waals surface area contributed by atoms with Crippen LogP contribution >= 0.6 is 0 Å². The second kappa shape index (κ2) is 3.31. The van der Waals surface area contributed by atoms with Crippen molar-refractivity contribution in [1.82, 2.24) is 0 Å². The van der Waals surface area contributed by atoms with Crippen LogP contribution in [0.2, 0.25) is 19.6 Å². The molecule has 0 saturated carbocycles. The van der Waals surface area contributed by atoms with Gasteiger partial charge in [0, 0.05) is 5.69 Å². The van der Waals surface area contributed by atoms with Crippen molar-refractivity contribution in [1.29, 1.82) is 0 Å². The molecule has 1 nitrogen and oxygen atoms in total. The van der Waals surface area contributed by atoms with Gasteiger partial charge in [-0.05, 0) is 19.2 Å². The molecule has 0 N–H and O–H groups in total. The molecule has 0 atom stereocenters. The van der Waals surface area contributed by atoms with Gasteiger partial charge in [0.1, 0.15) is 8.24 Å². The highest BCUT2D eigenvalue weighted by Gasteiger charge is 2.19. The molecule has 0 aliphatic carbocycles. The summed E-state index contributed by atoms with van der Waals surface area (Å²) in [6.45, 7) is 7.04. The molecule has 12 heavy (non-hydrogen) atoms. The lowest BCUT2D eigenvalue weighted by Gasteiger charge is -2.32. The molecule has 0 fully saturated rings. The van der Waals surface area contributed by atoms with Gasteiger partial charge in [-0.1, -0.05) is 37.8 Å². The molecule has 2 heteroatoms. The van der Waals surface area contributed by atoms with E-state index in [1.165, 1.54) is 5.69 Å². The molecule has 0 amide bonds. The molecule has 1 aromatic rings. The fourth-order valence-corrected chi connectivity index (χ4v) is 1.96. The van der Waals surface area contributed by atoms with Gasteiger partial charge >= 0.3 is 0 Å². The minimum absolute atomic E-state index is 1.17. The number of hydrogen-bond donors (Lipinski definition) is 0. The van der Waals surface area contributed by atoms with Crippen molar-refractivity contribution < 1.29 is 0 Å². The van der Waals surface area contributed by atoms with Gasteiger partial charge in [-0.3, -0.25) is 0 Å². The monoisotopic (exact) mass is 179 g/mol. The van der Waals surface area contributed by atoms with Gasteiger partial charge < -0.3 is 4.57 Å². The number of para-hydroxylation sites is 1. The average molecular weight is 179 g/mol. The number of rotatable bonds is 2. The van der Waals surface area contributed by atoms with Crippen molar-refractivity contribution >= 4 is 13.9 Å². The molecule has 66 valence electrons. The zero-order chi connectivity index (χ0) is 9.19. The molecule has 0 radical (unpaired) electrons.